The van der Waals surface area contributed by atoms with Gasteiger partial charge in [0.25, 0.3) is 0 Å². The van der Waals surface area contributed by atoms with E-state index < -0.39 is 8.07 Å². The second kappa shape index (κ2) is 2.84. The topological polar surface area (TPSA) is 0 Å². The minimum atomic E-state index is -1.01. The van der Waals surface area contributed by atoms with Crippen LogP contribution < -0.4 is 0 Å². The standard InChI is InChI=1S/C12H16Si/c1-13(2,3)12-9-11(12)10-7-5-4-6-8-10/h4-9,11H,1-3H3/t11-/m1/s1. The minimum Gasteiger partial charge on any atom is -0.0771 e. The van der Waals surface area contributed by atoms with Crippen molar-refractivity contribution in [2.45, 2.75) is 25.6 Å². The molecule has 0 saturated carbocycles. The van der Waals surface area contributed by atoms with Crippen LogP contribution in [0.25, 0.3) is 0 Å². The molecule has 0 unspecified atom stereocenters. The van der Waals surface area contributed by atoms with Gasteiger partial charge in [0.1, 0.15) is 0 Å². The van der Waals surface area contributed by atoms with Crippen LogP contribution in [-0.2, 0) is 0 Å². The molecule has 0 saturated heterocycles. The Labute approximate surface area is 81.3 Å². The van der Waals surface area contributed by atoms with Crippen molar-refractivity contribution in [2.24, 2.45) is 0 Å². The predicted octanol–water partition coefficient (Wildman–Crippen LogP) is 3.59. The Morgan fingerprint density at radius 2 is 1.62 bits per heavy atom. The van der Waals surface area contributed by atoms with Crippen molar-refractivity contribution in [3.8, 4) is 0 Å². The molecule has 0 amide bonds. The summed E-state index contributed by atoms with van der Waals surface area (Å²) >= 11 is 0. The van der Waals surface area contributed by atoms with Gasteiger partial charge in [-0.3, -0.25) is 0 Å². The third-order valence-corrected chi connectivity index (χ3v) is 4.81. The highest BCUT2D eigenvalue weighted by Gasteiger charge is 2.35. The van der Waals surface area contributed by atoms with Crippen molar-refractivity contribution in [3.05, 3.63) is 47.2 Å². The molecule has 0 fully saturated rings. The lowest BCUT2D eigenvalue weighted by Gasteiger charge is -2.13. The third-order valence-electron chi connectivity index (χ3n) is 2.60. The first kappa shape index (κ1) is 8.76. The van der Waals surface area contributed by atoms with Gasteiger partial charge >= 0.3 is 0 Å². The summed E-state index contributed by atoms with van der Waals surface area (Å²) in [4.78, 5) is 0. The molecule has 0 aliphatic heterocycles. The van der Waals surface area contributed by atoms with Crippen molar-refractivity contribution in [3.63, 3.8) is 0 Å². The number of benzene rings is 1. The summed E-state index contributed by atoms with van der Waals surface area (Å²) in [6.45, 7) is 7.26. The zero-order valence-corrected chi connectivity index (χ0v) is 9.54. The summed E-state index contributed by atoms with van der Waals surface area (Å²) in [5, 5.41) is 1.72. The van der Waals surface area contributed by atoms with Gasteiger partial charge in [-0.05, 0) is 5.56 Å². The Bertz CT molecular complexity index is 330. The molecule has 1 aliphatic carbocycles. The second-order valence-electron chi connectivity index (χ2n) is 4.76. The van der Waals surface area contributed by atoms with Gasteiger partial charge in [-0.25, -0.2) is 0 Å². The highest BCUT2D eigenvalue weighted by Crippen LogP contribution is 2.44. The third kappa shape index (κ3) is 1.75. The van der Waals surface area contributed by atoms with Crippen molar-refractivity contribution < 1.29 is 0 Å². The quantitative estimate of drug-likeness (QED) is 0.622. The normalized spacial score (nSPS) is 21.2. The summed E-state index contributed by atoms with van der Waals surface area (Å²) < 4.78 is 0. The summed E-state index contributed by atoms with van der Waals surface area (Å²) in [5.41, 5.74) is 1.47. The Morgan fingerprint density at radius 1 is 1.00 bits per heavy atom. The Hall–Kier alpha value is -0.823. The van der Waals surface area contributed by atoms with Crippen LogP contribution in [0, 0.1) is 0 Å². The van der Waals surface area contributed by atoms with Gasteiger partial charge in [-0.2, -0.15) is 0 Å². The first-order valence-corrected chi connectivity index (χ1v) is 8.36. The average Bonchev–Trinajstić information content (AvgIpc) is 2.83. The molecule has 0 aromatic heterocycles. The number of hydrogen-bond donors (Lipinski definition) is 0. The van der Waals surface area contributed by atoms with E-state index in [9.17, 15) is 0 Å². The van der Waals surface area contributed by atoms with Gasteiger partial charge in [0, 0.05) is 5.92 Å². The van der Waals surface area contributed by atoms with Crippen molar-refractivity contribution in [1.82, 2.24) is 0 Å². The van der Waals surface area contributed by atoms with Crippen molar-refractivity contribution >= 4 is 8.07 Å². The van der Waals surface area contributed by atoms with E-state index in [0.29, 0.717) is 5.92 Å². The summed E-state index contributed by atoms with van der Waals surface area (Å²) in [5.74, 6) is 0.688. The van der Waals surface area contributed by atoms with Crippen LogP contribution >= 0.6 is 0 Å². The van der Waals surface area contributed by atoms with Crippen LogP contribution in [0.5, 0.6) is 0 Å². The van der Waals surface area contributed by atoms with Crippen LogP contribution in [0.4, 0.5) is 0 Å². The highest BCUT2D eigenvalue weighted by molar-refractivity contribution is 6.84. The van der Waals surface area contributed by atoms with Crippen LogP contribution in [-0.4, -0.2) is 8.07 Å². The van der Waals surface area contributed by atoms with Crippen molar-refractivity contribution in [1.29, 1.82) is 0 Å². The molecule has 1 aromatic rings. The average molecular weight is 188 g/mol. The molecule has 0 heterocycles. The largest absolute Gasteiger partial charge is 0.0771 e. The Balaban J connectivity index is 2.12. The van der Waals surface area contributed by atoms with Gasteiger partial charge in [-0.1, -0.05) is 61.2 Å². The Morgan fingerprint density at radius 3 is 2.08 bits per heavy atom. The lowest BCUT2D eigenvalue weighted by atomic mass is 10.1. The second-order valence-corrected chi connectivity index (χ2v) is 9.84. The highest BCUT2D eigenvalue weighted by atomic mass is 28.3. The molecular formula is C12H16Si. The first-order chi connectivity index (χ1) is 6.09. The Kier molecular flexibility index (Phi) is 1.92. The van der Waals surface area contributed by atoms with Gasteiger partial charge in [0.15, 0.2) is 0 Å². The maximum Gasteiger partial charge on any atom is 0.0732 e. The lowest BCUT2D eigenvalue weighted by Crippen LogP contribution is -2.19. The van der Waals surface area contributed by atoms with E-state index in [4.69, 9.17) is 0 Å². The van der Waals surface area contributed by atoms with E-state index >= 15 is 0 Å². The fourth-order valence-corrected chi connectivity index (χ4v) is 3.55. The van der Waals surface area contributed by atoms with E-state index in [1.54, 1.807) is 5.20 Å². The van der Waals surface area contributed by atoms with Gasteiger partial charge in [0.05, 0.1) is 8.07 Å². The van der Waals surface area contributed by atoms with Gasteiger partial charge in [0.2, 0.25) is 0 Å². The lowest BCUT2D eigenvalue weighted by molar-refractivity contribution is 1.21. The van der Waals surface area contributed by atoms with Crippen LogP contribution in [0.3, 0.4) is 0 Å². The zero-order chi connectivity index (χ0) is 9.47. The van der Waals surface area contributed by atoms with Crippen LogP contribution in [0.15, 0.2) is 41.6 Å². The zero-order valence-electron chi connectivity index (χ0n) is 8.54. The van der Waals surface area contributed by atoms with Gasteiger partial charge in [-0.15, -0.1) is 0 Å². The summed E-state index contributed by atoms with van der Waals surface area (Å²) in [6.07, 6.45) is 2.43. The molecule has 68 valence electrons. The van der Waals surface area contributed by atoms with Crippen LogP contribution in [0.2, 0.25) is 19.6 Å². The van der Waals surface area contributed by atoms with E-state index in [0.717, 1.165) is 0 Å². The number of hydrogen-bond acceptors (Lipinski definition) is 0. The minimum absolute atomic E-state index is 0.688. The smallest absolute Gasteiger partial charge is 0.0732 e. The van der Waals surface area contributed by atoms with Crippen LogP contribution in [0.1, 0.15) is 11.5 Å². The maximum atomic E-state index is 2.43. The molecule has 1 aliphatic rings. The molecule has 13 heavy (non-hydrogen) atoms. The summed E-state index contributed by atoms with van der Waals surface area (Å²) in [6, 6.07) is 10.8. The number of allylic oxidation sites excluding steroid dienone is 2. The monoisotopic (exact) mass is 188 g/mol. The summed E-state index contributed by atoms with van der Waals surface area (Å²) in [7, 11) is -1.01. The maximum absolute atomic E-state index is 2.43. The van der Waals surface area contributed by atoms with Crippen molar-refractivity contribution in [2.75, 3.05) is 0 Å². The molecule has 1 heteroatoms. The molecular weight excluding hydrogens is 172 g/mol. The first-order valence-electron chi connectivity index (χ1n) is 4.86. The van der Waals surface area contributed by atoms with E-state index in [2.05, 4.69) is 56.0 Å². The molecule has 0 bridgehead atoms. The fraction of sp³-hybridized carbons (Fsp3) is 0.333. The molecule has 0 radical (unpaired) electrons. The predicted molar refractivity (Wildman–Crippen MR) is 60.6 cm³/mol. The molecule has 0 spiro atoms. The van der Waals surface area contributed by atoms with E-state index in [1.165, 1.54) is 5.56 Å². The fourth-order valence-electron chi connectivity index (χ4n) is 1.78. The molecule has 0 N–H and O–H groups in total. The van der Waals surface area contributed by atoms with E-state index in [1.807, 2.05) is 0 Å². The van der Waals surface area contributed by atoms with Gasteiger partial charge < -0.3 is 0 Å². The van der Waals surface area contributed by atoms with E-state index in [-0.39, 0.29) is 0 Å². The number of rotatable bonds is 2. The molecule has 1 aromatic carbocycles. The molecule has 2 rings (SSSR count). The molecule has 0 nitrogen and oxygen atoms in total. The SMILES string of the molecule is C[Si](C)(C)C1=C[C@@H]1c1ccccc1. The molecule has 1 atom stereocenters.